The van der Waals surface area contributed by atoms with E-state index < -0.39 is 24.4 Å². The van der Waals surface area contributed by atoms with Crippen LogP contribution in [0.2, 0.25) is 0 Å². The lowest BCUT2D eigenvalue weighted by atomic mass is 9.95. The van der Waals surface area contributed by atoms with Crippen LogP contribution in [-0.2, 0) is 5.41 Å². The van der Waals surface area contributed by atoms with E-state index in [0.29, 0.717) is 17.2 Å². The predicted octanol–water partition coefficient (Wildman–Crippen LogP) is 3.40. The number of hydrogen-bond donors (Lipinski definition) is 1. The fourth-order valence-corrected chi connectivity index (χ4v) is 1.44. The van der Waals surface area contributed by atoms with Crippen LogP contribution in [0, 0.1) is 6.92 Å². The van der Waals surface area contributed by atoms with Crippen molar-refractivity contribution in [3.8, 4) is 5.88 Å². The second kappa shape index (κ2) is 6.03. The van der Waals surface area contributed by atoms with Gasteiger partial charge in [-0.05, 0) is 6.92 Å². The van der Waals surface area contributed by atoms with E-state index >= 15 is 0 Å². The lowest BCUT2D eigenvalue weighted by Crippen LogP contribution is -2.34. The lowest BCUT2D eigenvalue weighted by Gasteiger charge is -2.21. The molecule has 8 heteroatoms. The average molecular weight is 309 g/mol. The summed E-state index contributed by atoms with van der Waals surface area (Å²) in [6, 6.07) is 0. The molecule has 21 heavy (non-hydrogen) atoms. The Bertz CT molecular complexity index is 501. The number of rotatable bonds is 5. The maximum absolute atomic E-state index is 12.9. The smallest absolute Gasteiger partial charge is 0.340 e. The predicted molar refractivity (Wildman–Crippen MR) is 71.5 cm³/mol. The van der Waals surface area contributed by atoms with Gasteiger partial charge in [0.25, 0.3) is 0 Å². The molecule has 0 atom stereocenters. The standard InChI is InChI=1S/C13H19F4N3O/c1-7-8(18-5)19-11(12(2,3)4)20-9(7)21-6-13(16,17)10(14)15/h10H,6H2,1-5H3,(H,18,19,20). The highest BCUT2D eigenvalue weighted by molar-refractivity contribution is 5.48. The Balaban J connectivity index is 3.12. The molecule has 0 aliphatic heterocycles. The normalized spacial score (nSPS) is 12.7. The van der Waals surface area contributed by atoms with Crippen LogP contribution in [0.25, 0.3) is 0 Å². The first-order valence-electron chi connectivity index (χ1n) is 6.34. The van der Waals surface area contributed by atoms with E-state index in [1.54, 1.807) is 14.0 Å². The number of hydrogen-bond acceptors (Lipinski definition) is 4. The summed E-state index contributed by atoms with van der Waals surface area (Å²) in [7, 11) is 1.61. The van der Waals surface area contributed by atoms with E-state index in [1.165, 1.54) is 0 Å². The Kier molecular flexibility index (Phi) is 5.01. The molecule has 0 fully saturated rings. The van der Waals surface area contributed by atoms with E-state index in [4.69, 9.17) is 4.74 Å². The Morgan fingerprint density at radius 1 is 1.19 bits per heavy atom. The van der Waals surface area contributed by atoms with Crippen molar-refractivity contribution in [2.24, 2.45) is 0 Å². The highest BCUT2D eigenvalue weighted by Gasteiger charge is 2.42. The molecule has 0 spiro atoms. The highest BCUT2D eigenvalue weighted by Crippen LogP contribution is 2.29. The van der Waals surface area contributed by atoms with E-state index in [9.17, 15) is 17.6 Å². The Morgan fingerprint density at radius 3 is 2.19 bits per heavy atom. The van der Waals surface area contributed by atoms with Crippen LogP contribution in [0.3, 0.4) is 0 Å². The van der Waals surface area contributed by atoms with Crippen molar-refractivity contribution in [1.82, 2.24) is 9.97 Å². The second-order valence-electron chi connectivity index (χ2n) is 5.68. The Morgan fingerprint density at radius 2 is 1.76 bits per heavy atom. The molecule has 4 nitrogen and oxygen atoms in total. The van der Waals surface area contributed by atoms with Crippen LogP contribution in [-0.4, -0.2) is 36.0 Å². The summed E-state index contributed by atoms with van der Waals surface area (Å²) in [6.07, 6.45) is -3.79. The molecule has 1 rings (SSSR count). The third-order valence-electron chi connectivity index (χ3n) is 2.73. The molecule has 0 aliphatic carbocycles. The quantitative estimate of drug-likeness (QED) is 0.847. The van der Waals surface area contributed by atoms with Crippen LogP contribution in [0.1, 0.15) is 32.2 Å². The molecular formula is C13H19F4N3O. The van der Waals surface area contributed by atoms with Crippen molar-refractivity contribution in [3.05, 3.63) is 11.4 Å². The molecule has 0 aromatic carbocycles. The first-order valence-corrected chi connectivity index (χ1v) is 6.34. The molecule has 0 bridgehead atoms. The van der Waals surface area contributed by atoms with E-state index in [1.807, 2.05) is 20.8 Å². The first-order chi connectivity index (χ1) is 9.49. The van der Waals surface area contributed by atoms with Gasteiger partial charge in [0.1, 0.15) is 11.6 Å². The van der Waals surface area contributed by atoms with Gasteiger partial charge in [0.15, 0.2) is 6.61 Å². The van der Waals surface area contributed by atoms with Crippen LogP contribution >= 0.6 is 0 Å². The molecule has 0 amide bonds. The second-order valence-corrected chi connectivity index (χ2v) is 5.68. The van der Waals surface area contributed by atoms with Gasteiger partial charge in [-0.25, -0.2) is 13.8 Å². The van der Waals surface area contributed by atoms with Gasteiger partial charge in [-0.1, -0.05) is 20.8 Å². The maximum atomic E-state index is 12.9. The van der Waals surface area contributed by atoms with Crippen LogP contribution in [0.5, 0.6) is 5.88 Å². The summed E-state index contributed by atoms with van der Waals surface area (Å²) in [6.45, 7) is 5.65. The number of ether oxygens (including phenoxy) is 1. The van der Waals surface area contributed by atoms with Gasteiger partial charge in [0, 0.05) is 12.5 Å². The van der Waals surface area contributed by atoms with E-state index in [2.05, 4.69) is 15.3 Å². The summed E-state index contributed by atoms with van der Waals surface area (Å²) < 4.78 is 55.0. The highest BCUT2D eigenvalue weighted by atomic mass is 19.3. The van der Waals surface area contributed by atoms with Crippen LogP contribution in [0.4, 0.5) is 23.4 Å². The van der Waals surface area contributed by atoms with Crippen molar-refractivity contribution in [1.29, 1.82) is 0 Å². The minimum atomic E-state index is -4.22. The molecule has 0 radical (unpaired) electrons. The maximum Gasteiger partial charge on any atom is 0.340 e. The summed E-state index contributed by atoms with van der Waals surface area (Å²) in [4.78, 5) is 8.33. The molecular weight excluding hydrogens is 290 g/mol. The molecule has 1 aromatic rings. The van der Waals surface area contributed by atoms with Crippen molar-refractivity contribution in [2.75, 3.05) is 19.0 Å². The summed E-state index contributed by atoms with van der Waals surface area (Å²) in [5.41, 5.74) is -0.0570. The van der Waals surface area contributed by atoms with Crippen LogP contribution in [0.15, 0.2) is 0 Å². The zero-order valence-corrected chi connectivity index (χ0v) is 12.6. The molecule has 1 heterocycles. The van der Waals surface area contributed by atoms with Gasteiger partial charge in [-0.15, -0.1) is 0 Å². The Labute approximate surface area is 120 Å². The average Bonchev–Trinajstić information content (AvgIpc) is 2.36. The SMILES string of the molecule is CNc1nc(C(C)(C)C)nc(OCC(F)(F)C(F)F)c1C. The number of nitrogens with zero attached hydrogens (tertiary/aromatic N) is 2. The number of anilines is 1. The van der Waals surface area contributed by atoms with E-state index in [-0.39, 0.29) is 5.88 Å². The fourth-order valence-electron chi connectivity index (χ4n) is 1.44. The third kappa shape index (κ3) is 4.18. The van der Waals surface area contributed by atoms with Crippen LogP contribution < -0.4 is 10.1 Å². The number of alkyl halides is 4. The van der Waals surface area contributed by atoms with E-state index in [0.717, 1.165) is 0 Å². The largest absolute Gasteiger partial charge is 0.471 e. The number of nitrogens with one attached hydrogen (secondary N) is 1. The molecule has 120 valence electrons. The molecule has 0 aliphatic rings. The summed E-state index contributed by atoms with van der Waals surface area (Å²) in [5, 5.41) is 2.80. The fraction of sp³-hybridized carbons (Fsp3) is 0.692. The van der Waals surface area contributed by atoms with Gasteiger partial charge < -0.3 is 10.1 Å². The van der Waals surface area contributed by atoms with Crippen molar-refractivity contribution in [3.63, 3.8) is 0 Å². The van der Waals surface area contributed by atoms with Crippen molar-refractivity contribution in [2.45, 2.75) is 45.5 Å². The van der Waals surface area contributed by atoms with Gasteiger partial charge in [0.2, 0.25) is 5.88 Å². The number of aromatic nitrogens is 2. The van der Waals surface area contributed by atoms with Gasteiger partial charge in [-0.2, -0.15) is 13.8 Å². The molecule has 1 N–H and O–H groups in total. The third-order valence-corrected chi connectivity index (χ3v) is 2.73. The monoisotopic (exact) mass is 309 g/mol. The Hall–Kier alpha value is -1.60. The van der Waals surface area contributed by atoms with Gasteiger partial charge in [-0.3, -0.25) is 0 Å². The summed E-state index contributed by atoms with van der Waals surface area (Å²) >= 11 is 0. The minimum Gasteiger partial charge on any atom is -0.471 e. The zero-order valence-electron chi connectivity index (χ0n) is 12.6. The zero-order chi connectivity index (χ0) is 16.4. The number of halogens is 4. The molecule has 0 saturated heterocycles. The van der Waals surface area contributed by atoms with Crippen molar-refractivity contribution < 1.29 is 22.3 Å². The van der Waals surface area contributed by atoms with Gasteiger partial charge >= 0.3 is 12.3 Å². The lowest BCUT2D eigenvalue weighted by molar-refractivity contribution is -0.148. The topological polar surface area (TPSA) is 47.0 Å². The first kappa shape index (κ1) is 17.5. The van der Waals surface area contributed by atoms with Crippen molar-refractivity contribution >= 4 is 5.82 Å². The summed E-state index contributed by atoms with van der Waals surface area (Å²) in [5.74, 6) is -3.57. The van der Waals surface area contributed by atoms with Gasteiger partial charge in [0.05, 0.1) is 5.56 Å². The molecule has 1 aromatic heterocycles. The molecule has 0 saturated carbocycles. The minimum absolute atomic E-state index is 0.125. The molecule has 0 unspecified atom stereocenters.